The molecule has 1 aliphatic carbocycles. The number of amides is 1. The van der Waals surface area contributed by atoms with E-state index in [9.17, 15) is 4.79 Å². The van der Waals surface area contributed by atoms with E-state index in [1.54, 1.807) is 0 Å². The molecule has 0 radical (unpaired) electrons. The van der Waals surface area contributed by atoms with Crippen molar-refractivity contribution in [2.75, 3.05) is 19.6 Å². The number of nitrogens with one attached hydrogen (secondary N) is 1. The van der Waals surface area contributed by atoms with Crippen LogP contribution in [0.4, 0.5) is 0 Å². The third kappa shape index (κ3) is 3.57. The van der Waals surface area contributed by atoms with Gasteiger partial charge in [-0.2, -0.15) is 0 Å². The second-order valence-corrected chi connectivity index (χ2v) is 6.70. The second-order valence-electron chi connectivity index (χ2n) is 6.26. The fourth-order valence-electron chi connectivity index (χ4n) is 3.59. The summed E-state index contributed by atoms with van der Waals surface area (Å²) in [5, 5.41) is 3.68. The monoisotopic (exact) mass is 307 g/mol. The Bertz CT molecular complexity index is 505. The van der Waals surface area contributed by atoms with Gasteiger partial charge in [-0.3, -0.25) is 9.69 Å². The van der Waals surface area contributed by atoms with Gasteiger partial charge in [0, 0.05) is 30.7 Å². The van der Waals surface area contributed by atoms with E-state index in [1.165, 1.54) is 6.42 Å². The van der Waals surface area contributed by atoms with Crippen molar-refractivity contribution in [1.29, 1.82) is 0 Å². The van der Waals surface area contributed by atoms with Gasteiger partial charge in [0.15, 0.2) is 0 Å². The normalized spacial score (nSPS) is 28.6. The van der Waals surface area contributed by atoms with Crippen molar-refractivity contribution in [3.8, 4) is 0 Å². The van der Waals surface area contributed by atoms with Crippen LogP contribution in [0.1, 0.15) is 18.4 Å². The van der Waals surface area contributed by atoms with E-state index in [0.717, 1.165) is 25.1 Å². The minimum atomic E-state index is 0.0819. The predicted octanol–water partition coefficient (Wildman–Crippen LogP) is 1.63. The molecule has 3 atom stereocenters. The quantitative estimate of drug-likeness (QED) is 0.889. The first kappa shape index (κ1) is 14.8. The van der Waals surface area contributed by atoms with Gasteiger partial charge in [-0.05, 0) is 42.4 Å². The zero-order chi connectivity index (χ0) is 14.8. The topological polar surface area (TPSA) is 58.4 Å². The molecule has 2 aliphatic rings. The van der Waals surface area contributed by atoms with E-state index in [2.05, 4.69) is 10.2 Å². The molecular weight excluding hydrogens is 286 g/mol. The third-order valence-electron chi connectivity index (χ3n) is 4.76. The number of hydrogen-bond donors (Lipinski definition) is 2. The molecule has 1 aliphatic heterocycles. The van der Waals surface area contributed by atoms with E-state index in [0.29, 0.717) is 36.0 Å². The smallest absolute Gasteiger partial charge is 0.234 e. The molecule has 3 rings (SSSR count). The summed E-state index contributed by atoms with van der Waals surface area (Å²) in [4.78, 5) is 14.3. The largest absolute Gasteiger partial charge is 0.351 e. The average Bonchev–Trinajstić information content (AvgIpc) is 3.00. The first-order valence-corrected chi connectivity index (χ1v) is 7.98. The summed E-state index contributed by atoms with van der Waals surface area (Å²) in [5.41, 5.74) is 7.18. The average molecular weight is 308 g/mol. The predicted molar refractivity (Wildman–Crippen MR) is 83.9 cm³/mol. The lowest BCUT2D eigenvalue weighted by atomic mass is 9.98. The Kier molecular flexibility index (Phi) is 4.48. The molecule has 1 heterocycles. The maximum Gasteiger partial charge on any atom is 0.234 e. The molecule has 0 bridgehead atoms. The molecule has 1 saturated heterocycles. The van der Waals surface area contributed by atoms with Crippen LogP contribution in [0.2, 0.25) is 5.02 Å². The number of likely N-dealkylation sites (tertiary alicyclic amines) is 1. The number of fused-ring (bicyclic) bond motifs is 1. The van der Waals surface area contributed by atoms with E-state index >= 15 is 0 Å². The van der Waals surface area contributed by atoms with Gasteiger partial charge in [0.05, 0.1) is 6.54 Å². The van der Waals surface area contributed by atoms with Crippen LogP contribution >= 0.6 is 11.6 Å². The van der Waals surface area contributed by atoms with Crippen LogP contribution in [0.15, 0.2) is 24.3 Å². The zero-order valence-electron chi connectivity index (χ0n) is 12.1. The van der Waals surface area contributed by atoms with E-state index in [1.807, 2.05) is 24.3 Å². The Hall–Kier alpha value is -1.10. The highest BCUT2D eigenvalue weighted by Gasteiger charge is 2.41. The number of halogens is 1. The molecule has 21 heavy (non-hydrogen) atoms. The van der Waals surface area contributed by atoms with Gasteiger partial charge < -0.3 is 11.1 Å². The summed E-state index contributed by atoms with van der Waals surface area (Å²) in [5.74, 6) is 1.37. The standard InChI is InChI=1S/C16H22ClN3O/c17-13-4-1-11(2-5-13)7-19-16(21)10-20-8-12-3-6-15(18)14(12)9-20/h1-2,4-5,12,14-15H,3,6-10,18H2,(H,19,21). The van der Waals surface area contributed by atoms with Crippen LogP contribution in [-0.2, 0) is 11.3 Å². The number of benzene rings is 1. The van der Waals surface area contributed by atoms with Gasteiger partial charge in [0.1, 0.15) is 0 Å². The van der Waals surface area contributed by atoms with E-state index < -0.39 is 0 Å². The molecule has 3 N–H and O–H groups in total. The number of carbonyl (C=O) groups excluding carboxylic acids is 1. The fourth-order valence-corrected chi connectivity index (χ4v) is 3.72. The van der Waals surface area contributed by atoms with Crippen molar-refractivity contribution in [3.05, 3.63) is 34.9 Å². The van der Waals surface area contributed by atoms with Crippen LogP contribution in [-0.4, -0.2) is 36.5 Å². The fraction of sp³-hybridized carbons (Fsp3) is 0.562. The number of nitrogens with two attached hydrogens (primary N) is 1. The molecule has 2 fully saturated rings. The molecule has 5 heteroatoms. The first-order valence-electron chi connectivity index (χ1n) is 7.61. The molecule has 4 nitrogen and oxygen atoms in total. The zero-order valence-corrected chi connectivity index (χ0v) is 12.9. The van der Waals surface area contributed by atoms with Gasteiger partial charge >= 0.3 is 0 Å². The number of hydrogen-bond acceptors (Lipinski definition) is 3. The SMILES string of the molecule is NC1CCC2CN(CC(=O)NCc3ccc(Cl)cc3)CC12. The molecule has 114 valence electrons. The minimum Gasteiger partial charge on any atom is -0.351 e. The Morgan fingerprint density at radius 1 is 1.29 bits per heavy atom. The van der Waals surface area contributed by atoms with E-state index in [4.69, 9.17) is 17.3 Å². The van der Waals surface area contributed by atoms with Crippen molar-refractivity contribution in [1.82, 2.24) is 10.2 Å². The van der Waals surface area contributed by atoms with E-state index in [-0.39, 0.29) is 5.91 Å². The minimum absolute atomic E-state index is 0.0819. The Morgan fingerprint density at radius 3 is 2.76 bits per heavy atom. The molecule has 0 spiro atoms. The Labute approximate surface area is 130 Å². The molecule has 3 unspecified atom stereocenters. The number of nitrogens with zero attached hydrogens (tertiary/aromatic N) is 1. The van der Waals surface area contributed by atoms with Crippen molar-refractivity contribution < 1.29 is 4.79 Å². The van der Waals surface area contributed by atoms with Crippen molar-refractivity contribution >= 4 is 17.5 Å². The van der Waals surface area contributed by atoms with Crippen molar-refractivity contribution in [2.24, 2.45) is 17.6 Å². The summed E-state index contributed by atoms with van der Waals surface area (Å²) >= 11 is 5.84. The Balaban J connectivity index is 1.44. The lowest BCUT2D eigenvalue weighted by Gasteiger charge is -2.17. The summed E-state index contributed by atoms with van der Waals surface area (Å²) in [6.45, 7) is 3.02. The van der Waals surface area contributed by atoms with Crippen molar-refractivity contribution in [2.45, 2.75) is 25.4 Å². The van der Waals surface area contributed by atoms with Gasteiger partial charge in [-0.25, -0.2) is 0 Å². The molecular formula is C16H22ClN3O. The highest BCUT2D eigenvalue weighted by Crippen LogP contribution is 2.36. The van der Waals surface area contributed by atoms with Crippen LogP contribution in [0, 0.1) is 11.8 Å². The lowest BCUT2D eigenvalue weighted by Crippen LogP contribution is -2.37. The molecule has 1 aromatic carbocycles. The number of carbonyl (C=O) groups is 1. The molecule has 1 saturated carbocycles. The third-order valence-corrected chi connectivity index (χ3v) is 5.01. The van der Waals surface area contributed by atoms with Crippen LogP contribution < -0.4 is 11.1 Å². The summed E-state index contributed by atoms with van der Waals surface area (Å²) in [6.07, 6.45) is 2.36. The summed E-state index contributed by atoms with van der Waals surface area (Å²) in [7, 11) is 0. The highest BCUT2D eigenvalue weighted by atomic mass is 35.5. The summed E-state index contributed by atoms with van der Waals surface area (Å²) < 4.78 is 0. The van der Waals surface area contributed by atoms with Crippen LogP contribution in [0.3, 0.4) is 0 Å². The number of rotatable bonds is 4. The van der Waals surface area contributed by atoms with Crippen molar-refractivity contribution in [3.63, 3.8) is 0 Å². The molecule has 1 aromatic rings. The van der Waals surface area contributed by atoms with Gasteiger partial charge in [0.2, 0.25) is 5.91 Å². The highest BCUT2D eigenvalue weighted by molar-refractivity contribution is 6.30. The molecule has 1 amide bonds. The second kappa shape index (κ2) is 6.34. The summed E-state index contributed by atoms with van der Waals surface area (Å²) in [6, 6.07) is 7.87. The Morgan fingerprint density at radius 2 is 2.05 bits per heavy atom. The van der Waals surface area contributed by atoms with Crippen LogP contribution in [0.25, 0.3) is 0 Å². The maximum atomic E-state index is 12.0. The van der Waals surface area contributed by atoms with Gasteiger partial charge in [-0.15, -0.1) is 0 Å². The van der Waals surface area contributed by atoms with Crippen LogP contribution in [0.5, 0.6) is 0 Å². The lowest BCUT2D eigenvalue weighted by molar-refractivity contribution is -0.122. The van der Waals surface area contributed by atoms with Gasteiger partial charge in [-0.1, -0.05) is 23.7 Å². The first-order chi connectivity index (χ1) is 10.1. The molecule has 0 aromatic heterocycles. The maximum absolute atomic E-state index is 12.0. The van der Waals surface area contributed by atoms with Gasteiger partial charge in [0.25, 0.3) is 0 Å².